The van der Waals surface area contributed by atoms with Crippen LogP contribution in [0.2, 0.25) is 0 Å². The standard InChI is InChI=1S/C24H21FN2O4/c1-30-18-12-17(13-19(14-18)31-2)26-23(28)21-4-3-5-22-20(21)10-11-27(22)24(29)15-6-8-16(25)9-7-15/h3-9,12-14H,10-11H2,1-2H3,(H,26,28). The first kappa shape index (κ1) is 20.4. The Morgan fingerprint density at radius 2 is 1.65 bits per heavy atom. The first-order chi connectivity index (χ1) is 15.0. The van der Waals surface area contributed by atoms with Gasteiger partial charge in [0.2, 0.25) is 0 Å². The number of nitrogens with one attached hydrogen (secondary N) is 1. The molecule has 0 spiro atoms. The normalized spacial score (nSPS) is 12.3. The van der Waals surface area contributed by atoms with Crippen LogP contribution >= 0.6 is 0 Å². The lowest BCUT2D eigenvalue weighted by molar-refractivity contribution is 0.0987. The zero-order valence-corrected chi connectivity index (χ0v) is 17.1. The van der Waals surface area contributed by atoms with Gasteiger partial charge in [-0.3, -0.25) is 9.59 Å². The summed E-state index contributed by atoms with van der Waals surface area (Å²) < 4.78 is 23.7. The van der Waals surface area contributed by atoms with Crippen molar-refractivity contribution in [1.29, 1.82) is 0 Å². The molecule has 3 aromatic carbocycles. The van der Waals surface area contributed by atoms with E-state index in [1.807, 2.05) is 6.07 Å². The van der Waals surface area contributed by atoms with Crippen molar-refractivity contribution in [3.05, 3.63) is 83.2 Å². The quantitative estimate of drug-likeness (QED) is 0.668. The van der Waals surface area contributed by atoms with Crippen LogP contribution in [0, 0.1) is 5.82 Å². The van der Waals surface area contributed by atoms with E-state index in [0.717, 1.165) is 5.56 Å². The molecule has 0 bridgehead atoms. The van der Waals surface area contributed by atoms with Crippen LogP contribution in [-0.2, 0) is 6.42 Å². The Morgan fingerprint density at radius 3 is 2.29 bits per heavy atom. The highest BCUT2D eigenvalue weighted by Crippen LogP contribution is 2.33. The van der Waals surface area contributed by atoms with Gasteiger partial charge in [0.05, 0.1) is 14.2 Å². The fraction of sp³-hybridized carbons (Fsp3) is 0.167. The van der Waals surface area contributed by atoms with Crippen LogP contribution in [0.4, 0.5) is 15.8 Å². The number of carbonyl (C=O) groups excluding carboxylic acids is 2. The molecule has 0 saturated heterocycles. The SMILES string of the molecule is COc1cc(NC(=O)c2cccc3c2CCN3C(=O)c2ccc(F)cc2)cc(OC)c1. The predicted octanol–water partition coefficient (Wildman–Crippen LogP) is 4.30. The summed E-state index contributed by atoms with van der Waals surface area (Å²) in [6, 6.07) is 15.9. The molecule has 4 rings (SSSR count). The van der Waals surface area contributed by atoms with E-state index < -0.39 is 5.82 Å². The van der Waals surface area contributed by atoms with Crippen molar-refractivity contribution in [3.63, 3.8) is 0 Å². The molecule has 0 aliphatic carbocycles. The molecular formula is C24H21FN2O4. The van der Waals surface area contributed by atoms with Crippen LogP contribution in [0.15, 0.2) is 60.7 Å². The third-order valence-corrected chi connectivity index (χ3v) is 5.22. The summed E-state index contributed by atoms with van der Waals surface area (Å²) in [5.74, 6) is 0.205. The molecule has 158 valence electrons. The van der Waals surface area contributed by atoms with Gasteiger partial charge in [0.15, 0.2) is 0 Å². The molecule has 1 heterocycles. The molecule has 0 unspecified atom stereocenters. The Hall–Kier alpha value is -3.87. The first-order valence-corrected chi connectivity index (χ1v) is 9.74. The number of hydrogen-bond donors (Lipinski definition) is 1. The highest BCUT2D eigenvalue weighted by atomic mass is 19.1. The van der Waals surface area contributed by atoms with E-state index in [1.54, 1.807) is 35.2 Å². The molecule has 0 radical (unpaired) electrons. The van der Waals surface area contributed by atoms with Gasteiger partial charge in [-0.05, 0) is 48.4 Å². The Labute approximate surface area is 179 Å². The molecule has 0 aromatic heterocycles. The fourth-order valence-corrected chi connectivity index (χ4v) is 3.68. The second-order valence-electron chi connectivity index (χ2n) is 7.07. The van der Waals surface area contributed by atoms with Crippen molar-refractivity contribution in [1.82, 2.24) is 0 Å². The summed E-state index contributed by atoms with van der Waals surface area (Å²) >= 11 is 0. The van der Waals surface area contributed by atoms with Crippen LogP contribution in [-0.4, -0.2) is 32.6 Å². The number of benzene rings is 3. The maximum absolute atomic E-state index is 13.2. The highest BCUT2D eigenvalue weighted by Gasteiger charge is 2.29. The van der Waals surface area contributed by atoms with Crippen molar-refractivity contribution in [2.24, 2.45) is 0 Å². The lowest BCUT2D eigenvalue weighted by Crippen LogP contribution is -2.28. The lowest BCUT2D eigenvalue weighted by Gasteiger charge is -2.18. The van der Waals surface area contributed by atoms with Crippen molar-refractivity contribution >= 4 is 23.2 Å². The second kappa shape index (κ2) is 8.47. The molecule has 0 saturated carbocycles. The van der Waals surface area contributed by atoms with E-state index in [1.165, 1.54) is 38.5 Å². The maximum atomic E-state index is 13.2. The molecule has 3 aromatic rings. The number of methoxy groups -OCH3 is 2. The minimum absolute atomic E-state index is 0.228. The third kappa shape index (κ3) is 4.07. The molecule has 0 atom stereocenters. The zero-order chi connectivity index (χ0) is 22.0. The number of hydrogen-bond acceptors (Lipinski definition) is 4. The Kier molecular flexibility index (Phi) is 5.58. The van der Waals surface area contributed by atoms with Crippen molar-refractivity contribution in [3.8, 4) is 11.5 Å². The summed E-state index contributed by atoms with van der Waals surface area (Å²) in [4.78, 5) is 27.5. The van der Waals surface area contributed by atoms with Gasteiger partial charge in [-0.15, -0.1) is 0 Å². The van der Waals surface area contributed by atoms with Gasteiger partial charge in [0, 0.05) is 47.2 Å². The average Bonchev–Trinajstić information content (AvgIpc) is 3.23. The molecule has 1 aliphatic heterocycles. The molecule has 6 nitrogen and oxygen atoms in total. The molecule has 31 heavy (non-hydrogen) atoms. The smallest absolute Gasteiger partial charge is 0.258 e. The van der Waals surface area contributed by atoms with Gasteiger partial charge in [0.25, 0.3) is 11.8 Å². The van der Waals surface area contributed by atoms with Crippen molar-refractivity contribution < 1.29 is 23.5 Å². The van der Waals surface area contributed by atoms with E-state index in [4.69, 9.17) is 9.47 Å². The largest absolute Gasteiger partial charge is 0.497 e. The van der Waals surface area contributed by atoms with Crippen LogP contribution in [0.1, 0.15) is 26.3 Å². The number of carbonyl (C=O) groups is 2. The number of rotatable bonds is 5. The van der Waals surface area contributed by atoms with Crippen LogP contribution in [0.5, 0.6) is 11.5 Å². The zero-order valence-electron chi connectivity index (χ0n) is 17.1. The molecular weight excluding hydrogens is 399 g/mol. The molecule has 1 aliphatic rings. The summed E-state index contributed by atoms with van der Waals surface area (Å²) in [5.41, 5.74) is 2.91. The summed E-state index contributed by atoms with van der Waals surface area (Å²) in [6.45, 7) is 0.447. The number of ether oxygens (including phenoxy) is 2. The lowest BCUT2D eigenvalue weighted by atomic mass is 10.0. The minimum atomic E-state index is -0.397. The fourth-order valence-electron chi connectivity index (χ4n) is 3.68. The number of nitrogens with zero attached hydrogens (tertiary/aromatic N) is 1. The summed E-state index contributed by atoms with van der Waals surface area (Å²) in [7, 11) is 3.08. The summed E-state index contributed by atoms with van der Waals surface area (Å²) in [6.07, 6.45) is 0.549. The van der Waals surface area contributed by atoms with E-state index in [2.05, 4.69) is 5.32 Å². The second-order valence-corrected chi connectivity index (χ2v) is 7.07. The summed E-state index contributed by atoms with van der Waals surface area (Å²) in [5, 5.41) is 2.88. The predicted molar refractivity (Wildman–Crippen MR) is 116 cm³/mol. The van der Waals surface area contributed by atoms with Gasteiger partial charge < -0.3 is 19.7 Å². The van der Waals surface area contributed by atoms with Gasteiger partial charge in [0.1, 0.15) is 17.3 Å². The Morgan fingerprint density at radius 1 is 0.968 bits per heavy atom. The van der Waals surface area contributed by atoms with E-state index >= 15 is 0 Å². The molecule has 2 amide bonds. The van der Waals surface area contributed by atoms with E-state index in [0.29, 0.717) is 47.0 Å². The van der Waals surface area contributed by atoms with Gasteiger partial charge in [-0.25, -0.2) is 4.39 Å². The number of fused-ring (bicyclic) bond motifs is 1. The Bertz CT molecular complexity index is 1120. The maximum Gasteiger partial charge on any atom is 0.258 e. The topological polar surface area (TPSA) is 67.9 Å². The van der Waals surface area contributed by atoms with Crippen LogP contribution in [0.3, 0.4) is 0 Å². The molecule has 7 heteroatoms. The molecule has 0 fully saturated rings. The number of halogens is 1. The van der Waals surface area contributed by atoms with Crippen molar-refractivity contribution in [2.45, 2.75) is 6.42 Å². The Balaban J connectivity index is 1.60. The third-order valence-electron chi connectivity index (χ3n) is 5.22. The molecule has 1 N–H and O–H groups in total. The van der Waals surface area contributed by atoms with Crippen molar-refractivity contribution in [2.75, 3.05) is 31.0 Å². The monoisotopic (exact) mass is 420 g/mol. The van der Waals surface area contributed by atoms with Gasteiger partial charge in [-0.2, -0.15) is 0 Å². The highest BCUT2D eigenvalue weighted by molar-refractivity contribution is 6.10. The van der Waals surface area contributed by atoms with E-state index in [9.17, 15) is 14.0 Å². The number of anilines is 2. The van der Waals surface area contributed by atoms with Gasteiger partial charge in [-0.1, -0.05) is 6.07 Å². The average molecular weight is 420 g/mol. The van der Waals surface area contributed by atoms with Crippen LogP contribution < -0.4 is 19.7 Å². The number of amides is 2. The van der Waals surface area contributed by atoms with Crippen LogP contribution in [0.25, 0.3) is 0 Å². The van der Waals surface area contributed by atoms with Gasteiger partial charge >= 0.3 is 0 Å². The van der Waals surface area contributed by atoms with E-state index in [-0.39, 0.29) is 11.8 Å². The first-order valence-electron chi connectivity index (χ1n) is 9.74. The minimum Gasteiger partial charge on any atom is -0.497 e.